The largest absolute Gasteiger partial charge is 0.493 e. The van der Waals surface area contributed by atoms with E-state index in [9.17, 15) is 0 Å². The van der Waals surface area contributed by atoms with Crippen LogP contribution >= 0.6 is 0 Å². The maximum Gasteiger partial charge on any atom is 0.231 e. The molecule has 0 N–H and O–H groups in total. The molecule has 1 saturated heterocycles. The van der Waals surface area contributed by atoms with Crippen LogP contribution in [0.1, 0.15) is 23.3 Å². The van der Waals surface area contributed by atoms with E-state index in [0.29, 0.717) is 24.7 Å². The normalized spacial score (nSPS) is 24.8. The van der Waals surface area contributed by atoms with Gasteiger partial charge in [0.1, 0.15) is 0 Å². The lowest BCUT2D eigenvalue weighted by atomic mass is 9.83. The lowest BCUT2D eigenvalue weighted by molar-refractivity contribution is 0.0143. The van der Waals surface area contributed by atoms with Crippen molar-refractivity contribution in [1.29, 1.82) is 0 Å². The molecular formula is C23H28O7. The van der Waals surface area contributed by atoms with Gasteiger partial charge in [-0.2, -0.15) is 0 Å². The standard InChI is InChI=1S/C23H28O7/c1-24-11-16-17(12-25-2)23(15-6-8-19-21(10-15)29-13-28-19)30-22(16)14-5-7-18(26-3)20(9-14)27-4/h5-10,16-17,22-23H,11-13H2,1-4H3/t16-,17+,22-,23+/m0/s1. The maximum absolute atomic E-state index is 6.64. The van der Waals surface area contributed by atoms with E-state index in [4.69, 9.17) is 33.2 Å². The van der Waals surface area contributed by atoms with Crippen LogP contribution in [0.15, 0.2) is 36.4 Å². The second-order valence-electron chi connectivity index (χ2n) is 7.44. The Kier molecular flexibility index (Phi) is 6.32. The van der Waals surface area contributed by atoms with Gasteiger partial charge in [0, 0.05) is 26.1 Å². The molecule has 162 valence electrons. The Morgan fingerprint density at radius 2 is 1.33 bits per heavy atom. The first-order valence-corrected chi connectivity index (χ1v) is 9.95. The number of rotatable bonds is 8. The molecule has 0 aliphatic carbocycles. The highest BCUT2D eigenvalue weighted by Crippen LogP contribution is 2.51. The van der Waals surface area contributed by atoms with Gasteiger partial charge in [-0.3, -0.25) is 0 Å². The number of benzene rings is 2. The van der Waals surface area contributed by atoms with E-state index in [0.717, 1.165) is 22.6 Å². The fourth-order valence-corrected chi connectivity index (χ4v) is 4.39. The van der Waals surface area contributed by atoms with E-state index in [-0.39, 0.29) is 30.8 Å². The minimum absolute atomic E-state index is 0.100. The predicted molar refractivity (Wildman–Crippen MR) is 109 cm³/mol. The minimum Gasteiger partial charge on any atom is -0.493 e. The molecule has 30 heavy (non-hydrogen) atoms. The first-order valence-electron chi connectivity index (χ1n) is 9.95. The van der Waals surface area contributed by atoms with Crippen LogP contribution < -0.4 is 18.9 Å². The van der Waals surface area contributed by atoms with Crippen LogP contribution in [-0.2, 0) is 14.2 Å². The average molecular weight is 416 g/mol. The summed E-state index contributed by atoms with van der Waals surface area (Å²) in [5, 5.41) is 0. The summed E-state index contributed by atoms with van der Waals surface area (Å²) >= 11 is 0. The van der Waals surface area contributed by atoms with Crippen LogP contribution in [-0.4, -0.2) is 48.4 Å². The lowest BCUT2D eigenvalue weighted by Gasteiger charge is -2.23. The maximum atomic E-state index is 6.64. The molecule has 2 aromatic rings. The van der Waals surface area contributed by atoms with Crippen molar-refractivity contribution in [3.63, 3.8) is 0 Å². The van der Waals surface area contributed by atoms with Crippen molar-refractivity contribution >= 4 is 0 Å². The molecule has 0 aromatic heterocycles. The summed E-state index contributed by atoms with van der Waals surface area (Å²) in [6.07, 6.45) is -0.349. The first kappa shape index (κ1) is 20.8. The molecular weight excluding hydrogens is 388 g/mol. The van der Waals surface area contributed by atoms with Crippen LogP contribution in [0.5, 0.6) is 23.0 Å². The minimum atomic E-state index is -0.180. The third-order valence-corrected chi connectivity index (χ3v) is 5.80. The van der Waals surface area contributed by atoms with Crippen molar-refractivity contribution in [3.05, 3.63) is 47.5 Å². The van der Waals surface area contributed by atoms with Crippen molar-refractivity contribution in [3.8, 4) is 23.0 Å². The molecule has 2 aliphatic rings. The highest BCUT2D eigenvalue weighted by molar-refractivity contribution is 5.46. The van der Waals surface area contributed by atoms with Crippen LogP contribution in [0.4, 0.5) is 0 Å². The van der Waals surface area contributed by atoms with Gasteiger partial charge >= 0.3 is 0 Å². The van der Waals surface area contributed by atoms with Crippen LogP contribution in [0.3, 0.4) is 0 Å². The Balaban J connectivity index is 1.70. The summed E-state index contributed by atoms with van der Waals surface area (Å²) in [5.41, 5.74) is 2.05. The molecule has 0 saturated carbocycles. The molecule has 7 nitrogen and oxygen atoms in total. The molecule has 0 unspecified atom stereocenters. The fraction of sp³-hybridized carbons (Fsp3) is 0.478. The summed E-state index contributed by atoms with van der Waals surface area (Å²) in [5.74, 6) is 3.06. The monoisotopic (exact) mass is 416 g/mol. The highest BCUT2D eigenvalue weighted by atomic mass is 16.7. The van der Waals surface area contributed by atoms with Crippen molar-refractivity contribution in [2.45, 2.75) is 12.2 Å². The molecule has 2 aliphatic heterocycles. The third kappa shape index (κ3) is 3.80. The summed E-state index contributed by atoms with van der Waals surface area (Å²) in [6.45, 7) is 1.34. The molecule has 0 amide bonds. The number of hydrogen-bond donors (Lipinski definition) is 0. The van der Waals surface area contributed by atoms with Gasteiger partial charge in [0.2, 0.25) is 6.79 Å². The molecule has 0 spiro atoms. The molecule has 4 atom stereocenters. The van der Waals surface area contributed by atoms with Gasteiger partial charge in [-0.05, 0) is 35.4 Å². The molecule has 0 bridgehead atoms. The van der Waals surface area contributed by atoms with Gasteiger partial charge in [0.05, 0.1) is 39.6 Å². The Bertz CT molecular complexity index is 869. The zero-order valence-corrected chi connectivity index (χ0v) is 17.8. The second kappa shape index (κ2) is 9.12. The van der Waals surface area contributed by atoms with Gasteiger partial charge in [-0.1, -0.05) is 12.1 Å². The second-order valence-corrected chi connectivity index (χ2v) is 7.44. The van der Waals surface area contributed by atoms with E-state index in [2.05, 4.69) is 0 Å². The Morgan fingerprint density at radius 1 is 0.733 bits per heavy atom. The molecule has 1 fully saturated rings. The van der Waals surface area contributed by atoms with E-state index < -0.39 is 0 Å². The van der Waals surface area contributed by atoms with E-state index in [1.165, 1.54) is 0 Å². The predicted octanol–water partition coefficient (Wildman–Crippen LogP) is 3.77. The SMILES string of the molecule is COC[C@@H]1[C@H](COC)[C@H](c2ccc(OC)c(OC)c2)O[C@@H]1c1ccc2c(c1)OCO2. The van der Waals surface area contributed by atoms with Crippen molar-refractivity contribution in [2.75, 3.05) is 48.4 Å². The van der Waals surface area contributed by atoms with Crippen LogP contribution in [0, 0.1) is 11.8 Å². The van der Waals surface area contributed by atoms with E-state index >= 15 is 0 Å². The number of hydrogen-bond acceptors (Lipinski definition) is 7. The lowest BCUT2D eigenvalue weighted by Crippen LogP contribution is -2.25. The van der Waals surface area contributed by atoms with Gasteiger partial charge in [0.15, 0.2) is 23.0 Å². The number of fused-ring (bicyclic) bond motifs is 1. The molecule has 7 heteroatoms. The zero-order valence-electron chi connectivity index (χ0n) is 17.8. The first-order chi connectivity index (χ1) is 14.7. The van der Waals surface area contributed by atoms with Gasteiger partial charge in [0.25, 0.3) is 0 Å². The third-order valence-electron chi connectivity index (χ3n) is 5.80. The Morgan fingerprint density at radius 3 is 1.97 bits per heavy atom. The van der Waals surface area contributed by atoms with Crippen molar-refractivity contribution in [2.24, 2.45) is 11.8 Å². The number of methoxy groups -OCH3 is 4. The van der Waals surface area contributed by atoms with Gasteiger partial charge < -0.3 is 33.2 Å². The van der Waals surface area contributed by atoms with Crippen molar-refractivity contribution < 1.29 is 33.2 Å². The Hall–Kier alpha value is -2.48. The molecule has 0 radical (unpaired) electrons. The van der Waals surface area contributed by atoms with Crippen molar-refractivity contribution in [1.82, 2.24) is 0 Å². The topological polar surface area (TPSA) is 64.6 Å². The van der Waals surface area contributed by atoms with Crippen LogP contribution in [0.2, 0.25) is 0 Å². The molecule has 2 aromatic carbocycles. The van der Waals surface area contributed by atoms with E-state index in [1.54, 1.807) is 28.4 Å². The molecule has 2 heterocycles. The summed E-state index contributed by atoms with van der Waals surface area (Å²) in [4.78, 5) is 0. The molecule has 4 rings (SSSR count). The van der Waals surface area contributed by atoms with Gasteiger partial charge in [-0.25, -0.2) is 0 Å². The number of ether oxygens (including phenoxy) is 7. The highest BCUT2D eigenvalue weighted by Gasteiger charge is 2.46. The smallest absolute Gasteiger partial charge is 0.231 e. The quantitative estimate of drug-likeness (QED) is 0.649. The van der Waals surface area contributed by atoms with Crippen LogP contribution in [0.25, 0.3) is 0 Å². The summed E-state index contributed by atoms with van der Waals surface area (Å²) in [6, 6.07) is 11.8. The summed E-state index contributed by atoms with van der Waals surface area (Å²) in [7, 11) is 6.68. The summed E-state index contributed by atoms with van der Waals surface area (Å²) < 4.78 is 39.7. The zero-order chi connectivity index (χ0) is 21.1. The Labute approximate surface area is 176 Å². The van der Waals surface area contributed by atoms with E-state index in [1.807, 2.05) is 36.4 Å². The average Bonchev–Trinajstić information content (AvgIpc) is 3.38. The fourth-order valence-electron chi connectivity index (χ4n) is 4.39. The van der Waals surface area contributed by atoms with Gasteiger partial charge in [-0.15, -0.1) is 0 Å².